The van der Waals surface area contributed by atoms with Crippen LogP contribution in [-0.4, -0.2) is 58.5 Å². The minimum Gasteiger partial charge on any atom is -0.431 e. The lowest BCUT2D eigenvalue weighted by Gasteiger charge is -2.35. The fourth-order valence-electron chi connectivity index (χ4n) is 2.67. The third-order valence-corrected chi connectivity index (χ3v) is 4.84. The molecule has 2 heterocycles. The van der Waals surface area contributed by atoms with Gasteiger partial charge in [-0.05, 0) is 12.1 Å². The normalized spacial score (nSPS) is 15.3. The summed E-state index contributed by atoms with van der Waals surface area (Å²) in [5, 5.41) is 0.512. The van der Waals surface area contributed by atoms with E-state index in [1.54, 1.807) is 4.90 Å². The first-order chi connectivity index (χ1) is 11.5. The third-order valence-electron chi connectivity index (χ3n) is 4.03. The largest absolute Gasteiger partial charge is 0.431 e. The fraction of sp³-hybridized carbons (Fsp3) is 0.471. The standard InChI is InChI=1S/C17H21N3O3S/c1-12(2)16(22)20-9-7-19(8-10-20)15(21)11-24-17-18-13-5-3-4-6-14(13)23-17/h3-6,12H,7-11H2,1-2H3. The van der Waals surface area contributed by atoms with E-state index in [9.17, 15) is 9.59 Å². The molecule has 6 nitrogen and oxygen atoms in total. The summed E-state index contributed by atoms with van der Waals surface area (Å²) in [7, 11) is 0. The highest BCUT2D eigenvalue weighted by Crippen LogP contribution is 2.23. The number of aromatic nitrogens is 1. The van der Waals surface area contributed by atoms with Crippen molar-refractivity contribution in [3.63, 3.8) is 0 Å². The summed E-state index contributed by atoms with van der Waals surface area (Å²) in [5.74, 6) is 0.508. The Hall–Kier alpha value is -2.02. The number of fused-ring (bicyclic) bond motifs is 1. The second kappa shape index (κ2) is 7.25. The van der Waals surface area contributed by atoms with Crippen LogP contribution in [0.25, 0.3) is 11.1 Å². The molecule has 0 aliphatic carbocycles. The molecule has 0 bridgehead atoms. The number of rotatable bonds is 4. The molecule has 3 rings (SSSR count). The van der Waals surface area contributed by atoms with Crippen molar-refractivity contribution in [2.45, 2.75) is 19.1 Å². The van der Waals surface area contributed by atoms with E-state index in [0.29, 0.717) is 37.2 Å². The van der Waals surface area contributed by atoms with Crippen LogP contribution in [0.1, 0.15) is 13.8 Å². The van der Waals surface area contributed by atoms with Gasteiger partial charge in [0, 0.05) is 32.1 Å². The van der Waals surface area contributed by atoms with E-state index in [-0.39, 0.29) is 17.7 Å². The van der Waals surface area contributed by atoms with Crippen LogP contribution in [0.3, 0.4) is 0 Å². The van der Waals surface area contributed by atoms with Crippen LogP contribution < -0.4 is 0 Å². The molecule has 0 N–H and O–H groups in total. The number of nitrogens with zero attached hydrogens (tertiary/aromatic N) is 3. The van der Waals surface area contributed by atoms with E-state index < -0.39 is 0 Å². The molecular weight excluding hydrogens is 326 g/mol. The smallest absolute Gasteiger partial charge is 0.257 e. The van der Waals surface area contributed by atoms with E-state index in [1.165, 1.54) is 11.8 Å². The molecule has 1 aromatic heterocycles. The van der Waals surface area contributed by atoms with Crippen molar-refractivity contribution in [1.29, 1.82) is 0 Å². The number of piperazine rings is 1. The number of hydrogen-bond acceptors (Lipinski definition) is 5. The Balaban J connectivity index is 1.50. The van der Waals surface area contributed by atoms with Crippen LogP contribution in [0.2, 0.25) is 0 Å². The number of carbonyl (C=O) groups is 2. The lowest BCUT2D eigenvalue weighted by Crippen LogP contribution is -2.51. The summed E-state index contributed by atoms with van der Waals surface area (Å²) in [4.78, 5) is 32.3. The number of benzene rings is 1. The van der Waals surface area contributed by atoms with E-state index >= 15 is 0 Å². The zero-order valence-corrected chi connectivity index (χ0v) is 14.7. The predicted molar refractivity (Wildman–Crippen MR) is 92.7 cm³/mol. The summed E-state index contributed by atoms with van der Waals surface area (Å²) in [5.41, 5.74) is 1.53. The van der Waals surface area contributed by atoms with Crippen LogP contribution in [0.5, 0.6) is 0 Å². The van der Waals surface area contributed by atoms with Crippen molar-refractivity contribution in [3.05, 3.63) is 24.3 Å². The van der Waals surface area contributed by atoms with Gasteiger partial charge >= 0.3 is 0 Å². The molecule has 2 amide bonds. The maximum Gasteiger partial charge on any atom is 0.257 e. The Kier molecular flexibility index (Phi) is 5.08. The predicted octanol–water partition coefficient (Wildman–Crippen LogP) is 2.25. The molecule has 128 valence electrons. The Morgan fingerprint density at radius 3 is 2.50 bits per heavy atom. The van der Waals surface area contributed by atoms with Crippen LogP contribution in [0, 0.1) is 5.92 Å². The van der Waals surface area contributed by atoms with Crippen LogP contribution in [0.4, 0.5) is 0 Å². The van der Waals surface area contributed by atoms with Gasteiger partial charge in [0.1, 0.15) is 5.52 Å². The molecule has 1 fully saturated rings. The van der Waals surface area contributed by atoms with Gasteiger partial charge in [0.2, 0.25) is 11.8 Å². The van der Waals surface area contributed by atoms with Crippen molar-refractivity contribution in [1.82, 2.24) is 14.8 Å². The van der Waals surface area contributed by atoms with Gasteiger partial charge < -0.3 is 14.2 Å². The maximum atomic E-state index is 12.3. The molecule has 24 heavy (non-hydrogen) atoms. The van der Waals surface area contributed by atoms with Gasteiger partial charge in [-0.2, -0.15) is 0 Å². The Labute approximate surface area is 145 Å². The number of para-hydroxylation sites is 2. The van der Waals surface area contributed by atoms with Crippen LogP contribution >= 0.6 is 11.8 Å². The number of hydrogen-bond donors (Lipinski definition) is 0. The molecule has 0 spiro atoms. The topological polar surface area (TPSA) is 66.7 Å². The minimum absolute atomic E-state index is 0.00182. The lowest BCUT2D eigenvalue weighted by atomic mass is 10.1. The van der Waals surface area contributed by atoms with E-state index in [2.05, 4.69) is 4.98 Å². The highest BCUT2D eigenvalue weighted by atomic mass is 32.2. The van der Waals surface area contributed by atoms with Gasteiger partial charge in [0.15, 0.2) is 5.58 Å². The molecular formula is C17H21N3O3S. The van der Waals surface area contributed by atoms with Crippen molar-refractivity contribution in [2.24, 2.45) is 5.92 Å². The molecule has 1 aliphatic heterocycles. The molecule has 2 aromatic rings. The average Bonchev–Trinajstić information content (AvgIpc) is 3.02. The quantitative estimate of drug-likeness (QED) is 0.794. The van der Waals surface area contributed by atoms with Gasteiger partial charge in [-0.25, -0.2) is 4.98 Å². The molecule has 0 unspecified atom stereocenters. The minimum atomic E-state index is 0.00182. The highest BCUT2D eigenvalue weighted by Gasteiger charge is 2.25. The van der Waals surface area contributed by atoms with E-state index in [0.717, 1.165) is 11.1 Å². The number of amides is 2. The van der Waals surface area contributed by atoms with E-state index in [4.69, 9.17) is 4.42 Å². The SMILES string of the molecule is CC(C)C(=O)N1CCN(C(=O)CSc2nc3ccccc3o2)CC1. The Morgan fingerprint density at radius 2 is 1.83 bits per heavy atom. The van der Waals surface area contributed by atoms with Gasteiger partial charge in [-0.3, -0.25) is 9.59 Å². The monoisotopic (exact) mass is 347 g/mol. The zero-order chi connectivity index (χ0) is 17.1. The first kappa shape index (κ1) is 16.8. The summed E-state index contributed by atoms with van der Waals surface area (Å²) in [6, 6.07) is 7.54. The molecule has 1 saturated heterocycles. The molecule has 1 aliphatic rings. The molecule has 1 aromatic carbocycles. The first-order valence-corrected chi connectivity index (χ1v) is 9.08. The summed E-state index contributed by atoms with van der Waals surface area (Å²) >= 11 is 1.31. The van der Waals surface area contributed by atoms with E-state index in [1.807, 2.05) is 43.0 Å². The van der Waals surface area contributed by atoms with Gasteiger partial charge in [-0.15, -0.1) is 0 Å². The average molecular weight is 347 g/mol. The second-order valence-corrected chi connectivity index (χ2v) is 7.02. The third kappa shape index (κ3) is 3.72. The second-order valence-electron chi connectivity index (χ2n) is 6.10. The number of carbonyl (C=O) groups excluding carboxylic acids is 2. The molecule has 0 radical (unpaired) electrons. The lowest BCUT2D eigenvalue weighted by molar-refractivity contribution is -0.140. The fourth-order valence-corrected chi connectivity index (χ4v) is 3.41. The van der Waals surface area contributed by atoms with Crippen molar-refractivity contribution < 1.29 is 14.0 Å². The van der Waals surface area contributed by atoms with Crippen LogP contribution in [-0.2, 0) is 9.59 Å². The summed E-state index contributed by atoms with van der Waals surface area (Å²) in [6.45, 7) is 6.19. The number of oxazole rings is 1. The highest BCUT2D eigenvalue weighted by molar-refractivity contribution is 7.99. The molecule has 7 heteroatoms. The van der Waals surface area contributed by atoms with Gasteiger partial charge in [-0.1, -0.05) is 37.7 Å². The van der Waals surface area contributed by atoms with Crippen LogP contribution in [0.15, 0.2) is 33.9 Å². The van der Waals surface area contributed by atoms with Crippen molar-refractivity contribution >= 4 is 34.7 Å². The summed E-state index contributed by atoms with van der Waals surface area (Å²) < 4.78 is 5.61. The van der Waals surface area contributed by atoms with Crippen molar-refractivity contribution in [3.8, 4) is 0 Å². The zero-order valence-electron chi connectivity index (χ0n) is 13.9. The first-order valence-electron chi connectivity index (χ1n) is 8.09. The molecule has 0 saturated carbocycles. The summed E-state index contributed by atoms with van der Waals surface area (Å²) in [6.07, 6.45) is 0. The Bertz CT molecular complexity index is 703. The maximum absolute atomic E-state index is 12.3. The van der Waals surface area contributed by atoms with Gasteiger partial charge in [0.05, 0.1) is 5.75 Å². The molecule has 0 atom stereocenters. The van der Waals surface area contributed by atoms with Crippen molar-refractivity contribution in [2.75, 3.05) is 31.9 Å². The van der Waals surface area contributed by atoms with Gasteiger partial charge in [0.25, 0.3) is 5.22 Å². The number of thioether (sulfide) groups is 1. The Morgan fingerprint density at radius 1 is 1.17 bits per heavy atom.